The summed E-state index contributed by atoms with van der Waals surface area (Å²) in [5.74, 6) is -1.53. The van der Waals surface area contributed by atoms with Crippen LogP contribution in [0.3, 0.4) is 0 Å². The van der Waals surface area contributed by atoms with Gasteiger partial charge in [0.1, 0.15) is 5.82 Å². The number of benzene rings is 1. The van der Waals surface area contributed by atoms with Crippen LogP contribution in [-0.2, 0) is 4.79 Å². The smallest absolute Gasteiger partial charge is 0.209 e. The van der Waals surface area contributed by atoms with Gasteiger partial charge in [-0.15, -0.1) is 0 Å². The van der Waals surface area contributed by atoms with Crippen molar-refractivity contribution < 1.29 is 14.0 Å². The molecule has 4 nitrogen and oxygen atoms in total. The summed E-state index contributed by atoms with van der Waals surface area (Å²) in [7, 11) is 0. The number of rotatable bonds is 12. The maximum Gasteiger partial charge on any atom is 0.209 e. The monoisotopic (exact) mass is 396 g/mol. The van der Waals surface area contributed by atoms with E-state index in [9.17, 15) is 14.0 Å². The largest absolute Gasteiger partial charge is 0.302 e. The summed E-state index contributed by atoms with van der Waals surface area (Å²) in [5.41, 5.74) is 1.37. The van der Waals surface area contributed by atoms with Crippen LogP contribution in [-0.4, -0.2) is 23.0 Å². The first-order valence-corrected chi connectivity index (χ1v) is 9.68. The number of carbonyl (C=O) groups excluding carboxylic acids is 2. The second-order valence-corrected chi connectivity index (χ2v) is 7.09. The van der Waals surface area contributed by atoms with E-state index in [4.69, 9.17) is 10.8 Å². The highest BCUT2D eigenvalue weighted by Crippen LogP contribution is 2.17. The molecule has 5 heteroatoms. The van der Waals surface area contributed by atoms with Crippen LogP contribution in [0.15, 0.2) is 48.6 Å². The Morgan fingerprint density at radius 1 is 1.21 bits per heavy atom. The van der Waals surface area contributed by atoms with Crippen molar-refractivity contribution in [3.05, 3.63) is 65.5 Å². The summed E-state index contributed by atoms with van der Waals surface area (Å²) in [4.78, 5) is 24.2. The number of nitrogens with one attached hydrogen (secondary N) is 2. The molecule has 1 unspecified atom stereocenters. The zero-order valence-electron chi connectivity index (χ0n) is 17.3. The highest BCUT2D eigenvalue weighted by atomic mass is 19.1. The average molecular weight is 397 g/mol. The molecule has 0 aliphatic heterocycles. The Morgan fingerprint density at radius 3 is 2.52 bits per heavy atom. The topological polar surface area (TPSA) is 81.8 Å². The third-order valence-corrected chi connectivity index (χ3v) is 4.58. The summed E-state index contributed by atoms with van der Waals surface area (Å²) in [5, 5.41) is 15.2. The number of ketones is 2. The summed E-state index contributed by atoms with van der Waals surface area (Å²) in [6.07, 6.45) is 9.73. The lowest BCUT2D eigenvalue weighted by molar-refractivity contribution is -0.117. The number of halogens is 1. The van der Waals surface area contributed by atoms with Gasteiger partial charge in [0.15, 0.2) is 5.78 Å². The van der Waals surface area contributed by atoms with Gasteiger partial charge in [-0.3, -0.25) is 9.59 Å². The molecule has 154 valence electrons. The summed E-state index contributed by atoms with van der Waals surface area (Å²) < 4.78 is 13.8. The van der Waals surface area contributed by atoms with E-state index in [-0.39, 0.29) is 23.0 Å². The maximum absolute atomic E-state index is 13.8. The van der Waals surface area contributed by atoms with Gasteiger partial charge in [0, 0.05) is 5.92 Å². The minimum absolute atomic E-state index is 0.0362. The molecule has 0 saturated heterocycles. The molecule has 2 N–H and O–H groups in total. The predicted octanol–water partition coefficient (Wildman–Crippen LogP) is 5.98. The van der Waals surface area contributed by atoms with Gasteiger partial charge in [-0.2, -0.15) is 0 Å². The second kappa shape index (κ2) is 11.8. The van der Waals surface area contributed by atoms with E-state index in [1.54, 1.807) is 12.2 Å². The molecule has 29 heavy (non-hydrogen) atoms. The minimum atomic E-state index is -0.678. The lowest BCUT2D eigenvalue weighted by Gasteiger charge is -2.08. The average Bonchev–Trinajstić information content (AvgIpc) is 2.69. The fourth-order valence-corrected chi connectivity index (χ4v) is 2.72. The third-order valence-electron chi connectivity index (χ3n) is 4.58. The highest BCUT2D eigenvalue weighted by Gasteiger charge is 2.14. The Hall–Kier alpha value is -2.95. The van der Waals surface area contributed by atoms with Gasteiger partial charge < -0.3 is 10.8 Å². The number of hydrogen-bond donors (Lipinski definition) is 2. The van der Waals surface area contributed by atoms with Gasteiger partial charge in [-0.05, 0) is 68.5 Å². The molecule has 0 aliphatic rings. The molecule has 0 bridgehead atoms. The lowest BCUT2D eigenvalue weighted by Crippen LogP contribution is -2.11. The molecule has 0 heterocycles. The Kier molecular flexibility index (Phi) is 9.80. The fraction of sp³-hybridized carbons (Fsp3) is 0.333. The fourth-order valence-electron chi connectivity index (χ4n) is 2.72. The predicted molar refractivity (Wildman–Crippen MR) is 117 cm³/mol. The molecule has 1 rings (SSSR count). The Labute approximate surface area is 172 Å². The molecule has 1 aromatic rings. The van der Waals surface area contributed by atoms with Crippen molar-refractivity contribution in [1.29, 1.82) is 10.8 Å². The van der Waals surface area contributed by atoms with Gasteiger partial charge in [0.05, 0.1) is 17.0 Å². The molecule has 0 spiro atoms. The van der Waals surface area contributed by atoms with Crippen LogP contribution in [0.5, 0.6) is 0 Å². The van der Waals surface area contributed by atoms with Crippen LogP contribution in [0.2, 0.25) is 0 Å². The molecule has 0 aromatic heterocycles. The van der Waals surface area contributed by atoms with Gasteiger partial charge in [-0.25, -0.2) is 4.39 Å². The Morgan fingerprint density at radius 2 is 1.90 bits per heavy atom. The van der Waals surface area contributed by atoms with Crippen molar-refractivity contribution in [1.82, 2.24) is 0 Å². The zero-order valence-corrected chi connectivity index (χ0v) is 17.3. The van der Waals surface area contributed by atoms with Crippen molar-refractivity contribution >= 4 is 29.1 Å². The first-order chi connectivity index (χ1) is 13.7. The number of allylic oxidation sites excluding steroid dienone is 4. The van der Waals surface area contributed by atoms with Crippen LogP contribution >= 0.6 is 0 Å². The van der Waals surface area contributed by atoms with Crippen molar-refractivity contribution in [2.75, 3.05) is 0 Å². The standard InChI is InChI=1S/C24H29FN2O2/c1-5-8-22(27)16(2)9-6-7-10-17(3)23(28)14-12-19-11-13-21(25)20(15-19)24(29)18(4)26/h5,8,11-15,17,26-27H,2,6-7,9-10H2,1,3-4H3/b8-5+,14-12?,26-18?,27-22?. The van der Waals surface area contributed by atoms with Crippen molar-refractivity contribution in [3.63, 3.8) is 0 Å². The normalized spacial score (nSPS) is 12.3. The van der Waals surface area contributed by atoms with Gasteiger partial charge in [-0.1, -0.05) is 38.1 Å². The van der Waals surface area contributed by atoms with E-state index in [0.29, 0.717) is 11.3 Å². The molecule has 0 amide bonds. The maximum atomic E-state index is 13.8. The van der Waals surface area contributed by atoms with E-state index in [2.05, 4.69) is 6.58 Å². The minimum Gasteiger partial charge on any atom is -0.302 e. The molecule has 0 radical (unpaired) electrons. The third kappa shape index (κ3) is 7.90. The summed E-state index contributed by atoms with van der Waals surface area (Å²) >= 11 is 0. The van der Waals surface area contributed by atoms with Crippen LogP contribution in [0.1, 0.15) is 62.4 Å². The quantitative estimate of drug-likeness (QED) is 0.197. The van der Waals surface area contributed by atoms with Crippen LogP contribution in [0, 0.1) is 22.6 Å². The molecular formula is C24H29FN2O2. The molecular weight excluding hydrogens is 367 g/mol. The van der Waals surface area contributed by atoms with Gasteiger partial charge in [0.2, 0.25) is 5.78 Å². The highest BCUT2D eigenvalue weighted by molar-refractivity contribution is 6.44. The van der Waals surface area contributed by atoms with Crippen LogP contribution < -0.4 is 0 Å². The molecule has 1 atom stereocenters. The van der Waals surface area contributed by atoms with E-state index in [1.165, 1.54) is 31.2 Å². The number of Topliss-reactive ketones (excluding diaryl/α,β-unsaturated/α-hetero) is 1. The van der Waals surface area contributed by atoms with E-state index < -0.39 is 11.6 Å². The molecule has 0 fully saturated rings. The van der Waals surface area contributed by atoms with Crippen LogP contribution in [0.4, 0.5) is 4.39 Å². The lowest BCUT2D eigenvalue weighted by atomic mass is 9.96. The van der Waals surface area contributed by atoms with Crippen molar-refractivity contribution in [2.24, 2.45) is 5.92 Å². The van der Waals surface area contributed by atoms with E-state index in [0.717, 1.165) is 31.3 Å². The Balaban J connectivity index is 2.58. The molecule has 0 aliphatic carbocycles. The summed E-state index contributed by atoms with van der Waals surface area (Å²) in [6.45, 7) is 8.95. The first-order valence-electron chi connectivity index (χ1n) is 9.68. The molecule has 0 saturated carbocycles. The SMILES string of the molecule is C=C(CCCCC(C)C(=O)C=Cc1ccc(F)c(C(=O)C(C)=N)c1)C(=N)/C=C/C. The number of carbonyl (C=O) groups is 2. The second-order valence-electron chi connectivity index (χ2n) is 7.09. The van der Waals surface area contributed by atoms with E-state index >= 15 is 0 Å². The summed E-state index contributed by atoms with van der Waals surface area (Å²) in [6, 6.07) is 4.02. The number of hydrogen-bond acceptors (Lipinski definition) is 4. The van der Waals surface area contributed by atoms with Crippen molar-refractivity contribution in [2.45, 2.75) is 46.5 Å². The Bertz CT molecular complexity index is 866. The zero-order chi connectivity index (χ0) is 22.0. The van der Waals surface area contributed by atoms with Gasteiger partial charge >= 0.3 is 0 Å². The van der Waals surface area contributed by atoms with Crippen molar-refractivity contribution in [3.8, 4) is 0 Å². The molecule has 1 aromatic carbocycles. The first kappa shape index (κ1) is 24.1. The van der Waals surface area contributed by atoms with E-state index in [1.807, 2.05) is 19.9 Å². The van der Waals surface area contributed by atoms with Crippen LogP contribution in [0.25, 0.3) is 6.08 Å². The van der Waals surface area contributed by atoms with Gasteiger partial charge in [0.25, 0.3) is 0 Å². The number of unbranched alkanes of at least 4 members (excludes halogenated alkanes) is 1.